The maximum absolute atomic E-state index is 12.6. The van der Waals surface area contributed by atoms with E-state index in [0.29, 0.717) is 16.9 Å². The molecule has 0 atom stereocenters. The second-order valence-electron chi connectivity index (χ2n) is 5.64. The van der Waals surface area contributed by atoms with Crippen LogP contribution in [0.4, 0.5) is 13.2 Å². The van der Waals surface area contributed by atoms with Crippen LogP contribution in [0.1, 0.15) is 21.5 Å². The van der Waals surface area contributed by atoms with Crippen molar-refractivity contribution in [1.82, 2.24) is 4.90 Å². The van der Waals surface area contributed by atoms with Crippen molar-refractivity contribution < 1.29 is 27.5 Å². The van der Waals surface area contributed by atoms with Crippen LogP contribution in [0.15, 0.2) is 48.5 Å². The molecule has 0 aliphatic carbocycles. The molecule has 0 aliphatic heterocycles. The van der Waals surface area contributed by atoms with Gasteiger partial charge < -0.3 is 15.4 Å². The van der Waals surface area contributed by atoms with Crippen LogP contribution in [0, 0.1) is 0 Å². The number of halogens is 3. The van der Waals surface area contributed by atoms with Gasteiger partial charge in [0.1, 0.15) is 5.75 Å². The standard InChI is InChI=1S/C18H17F3N2O3/c1-23(10-12-5-7-14(8-6-12)18(19,20)21)17(25)13-3-2-4-15(9-13)26-11-16(22)24/h2-9H,10-11H2,1H3,(H2,22,24). The lowest BCUT2D eigenvalue weighted by Crippen LogP contribution is -2.26. The number of hydrogen-bond donors (Lipinski definition) is 1. The van der Waals surface area contributed by atoms with Gasteiger partial charge in [0.05, 0.1) is 5.56 Å². The van der Waals surface area contributed by atoms with E-state index >= 15 is 0 Å². The molecule has 0 aliphatic rings. The highest BCUT2D eigenvalue weighted by molar-refractivity contribution is 5.94. The van der Waals surface area contributed by atoms with Crippen molar-refractivity contribution in [3.63, 3.8) is 0 Å². The third kappa shape index (κ3) is 5.23. The number of amides is 2. The summed E-state index contributed by atoms with van der Waals surface area (Å²) in [4.78, 5) is 24.6. The zero-order valence-electron chi connectivity index (χ0n) is 13.9. The van der Waals surface area contributed by atoms with Gasteiger partial charge in [0.2, 0.25) is 0 Å². The van der Waals surface area contributed by atoms with E-state index < -0.39 is 17.6 Å². The van der Waals surface area contributed by atoms with Crippen LogP contribution in [-0.2, 0) is 17.5 Å². The van der Waals surface area contributed by atoms with Gasteiger partial charge in [-0.2, -0.15) is 13.2 Å². The molecule has 0 heterocycles. The summed E-state index contributed by atoms with van der Waals surface area (Å²) in [6.45, 7) is -0.164. The van der Waals surface area contributed by atoms with E-state index in [1.165, 1.54) is 30.1 Å². The number of rotatable bonds is 6. The van der Waals surface area contributed by atoms with Crippen molar-refractivity contribution in [3.8, 4) is 5.75 Å². The Morgan fingerprint density at radius 2 is 1.77 bits per heavy atom. The molecule has 5 nitrogen and oxygen atoms in total. The summed E-state index contributed by atoms with van der Waals surface area (Å²) in [6, 6.07) is 10.8. The zero-order chi connectivity index (χ0) is 19.3. The topological polar surface area (TPSA) is 72.6 Å². The highest BCUT2D eigenvalue weighted by atomic mass is 19.4. The Morgan fingerprint density at radius 3 is 2.35 bits per heavy atom. The number of hydrogen-bond acceptors (Lipinski definition) is 3. The molecule has 2 amide bonds. The van der Waals surface area contributed by atoms with Gasteiger partial charge in [0, 0.05) is 19.2 Å². The van der Waals surface area contributed by atoms with Gasteiger partial charge in [0.15, 0.2) is 6.61 Å². The first-order chi connectivity index (χ1) is 12.2. The summed E-state index contributed by atoms with van der Waals surface area (Å²) in [6.07, 6.45) is -4.40. The van der Waals surface area contributed by atoms with Gasteiger partial charge in [-0.25, -0.2) is 0 Å². The maximum Gasteiger partial charge on any atom is 0.416 e. The van der Waals surface area contributed by atoms with Crippen molar-refractivity contribution in [2.75, 3.05) is 13.7 Å². The molecule has 2 rings (SSSR count). The largest absolute Gasteiger partial charge is 0.484 e. The molecule has 0 saturated heterocycles. The normalized spacial score (nSPS) is 11.1. The number of ether oxygens (including phenoxy) is 1. The molecule has 0 unspecified atom stereocenters. The molecule has 138 valence electrons. The van der Waals surface area contributed by atoms with E-state index in [4.69, 9.17) is 10.5 Å². The van der Waals surface area contributed by atoms with Crippen LogP contribution in [0.3, 0.4) is 0 Å². The number of primary amides is 1. The van der Waals surface area contributed by atoms with Gasteiger partial charge in [-0.05, 0) is 35.9 Å². The number of alkyl halides is 3. The molecule has 0 bridgehead atoms. The van der Waals surface area contributed by atoms with E-state index in [9.17, 15) is 22.8 Å². The maximum atomic E-state index is 12.6. The molecule has 8 heteroatoms. The SMILES string of the molecule is CN(Cc1ccc(C(F)(F)F)cc1)C(=O)c1cccc(OCC(N)=O)c1. The highest BCUT2D eigenvalue weighted by Crippen LogP contribution is 2.29. The number of carbonyl (C=O) groups is 2. The van der Waals surface area contributed by atoms with Gasteiger partial charge >= 0.3 is 6.18 Å². The molecule has 2 aromatic rings. The molecule has 0 radical (unpaired) electrons. The molecular formula is C18H17F3N2O3. The first kappa shape index (κ1) is 19.3. The average molecular weight is 366 g/mol. The Morgan fingerprint density at radius 1 is 1.12 bits per heavy atom. The van der Waals surface area contributed by atoms with E-state index in [-0.39, 0.29) is 19.1 Å². The van der Waals surface area contributed by atoms with E-state index in [1.54, 1.807) is 18.2 Å². The van der Waals surface area contributed by atoms with Crippen LogP contribution >= 0.6 is 0 Å². The van der Waals surface area contributed by atoms with Crippen LogP contribution in [-0.4, -0.2) is 30.4 Å². The second kappa shape index (κ2) is 7.90. The van der Waals surface area contributed by atoms with Crippen molar-refractivity contribution in [2.45, 2.75) is 12.7 Å². The summed E-state index contributed by atoms with van der Waals surface area (Å²) in [7, 11) is 1.54. The molecule has 0 spiro atoms. The minimum absolute atomic E-state index is 0.142. The Hall–Kier alpha value is -3.03. The molecule has 2 aromatic carbocycles. The number of nitrogens with two attached hydrogens (primary N) is 1. The monoisotopic (exact) mass is 366 g/mol. The predicted molar refractivity (Wildman–Crippen MR) is 88.4 cm³/mol. The number of benzene rings is 2. The Kier molecular flexibility index (Phi) is 5.86. The third-order valence-corrected chi connectivity index (χ3v) is 3.51. The Labute approximate surface area is 148 Å². The van der Waals surface area contributed by atoms with Crippen LogP contribution in [0.5, 0.6) is 5.75 Å². The van der Waals surface area contributed by atoms with Gasteiger partial charge in [-0.3, -0.25) is 9.59 Å². The molecule has 0 fully saturated rings. The summed E-state index contributed by atoms with van der Waals surface area (Å²) in [5.74, 6) is -0.659. The minimum Gasteiger partial charge on any atom is -0.484 e. The van der Waals surface area contributed by atoms with Gasteiger partial charge in [-0.1, -0.05) is 18.2 Å². The van der Waals surface area contributed by atoms with Gasteiger partial charge in [-0.15, -0.1) is 0 Å². The third-order valence-electron chi connectivity index (χ3n) is 3.51. The predicted octanol–water partition coefficient (Wildman–Crippen LogP) is 2.84. The van der Waals surface area contributed by atoms with Crippen molar-refractivity contribution in [2.24, 2.45) is 5.73 Å². The number of nitrogens with zero attached hydrogens (tertiary/aromatic N) is 1. The van der Waals surface area contributed by atoms with Gasteiger partial charge in [0.25, 0.3) is 11.8 Å². The van der Waals surface area contributed by atoms with Crippen molar-refractivity contribution in [1.29, 1.82) is 0 Å². The quantitative estimate of drug-likeness (QED) is 0.854. The molecule has 0 aromatic heterocycles. The lowest BCUT2D eigenvalue weighted by atomic mass is 10.1. The summed E-state index contributed by atoms with van der Waals surface area (Å²) in [5, 5.41) is 0. The average Bonchev–Trinajstić information content (AvgIpc) is 2.59. The second-order valence-corrected chi connectivity index (χ2v) is 5.64. The molecule has 26 heavy (non-hydrogen) atoms. The van der Waals surface area contributed by atoms with Crippen molar-refractivity contribution >= 4 is 11.8 Å². The highest BCUT2D eigenvalue weighted by Gasteiger charge is 2.30. The fourth-order valence-electron chi connectivity index (χ4n) is 2.24. The minimum atomic E-state index is -4.40. The van der Waals surface area contributed by atoms with E-state index in [0.717, 1.165) is 12.1 Å². The van der Waals surface area contributed by atoms with E-state index in [1.807, 2.05) is 0 Å². The molecular weight excluding hydrogens is 349 g/mol. The van der Waals surface area contributed by atoms with Crippen LogP contribution in [0.2, 0.25) is 0 Å². The smallest absolute Gasteiger partial charge is 0.416 e. The Bertz CT molecular complexity index is 789. The first-order valence-corrected chi connectivity index (χ1v) is 7.59. The lowest BCUT2D eigenvalue weighted by Gasteiger charge is -2.18. The first-order valence-electron chi connectivity index (χ1n) is 7.59. The Balaban J connectivity index is 2.05. The fourth-order valence-corrected chi connectivity index (χ4v) is 2.24. The zero-order valence-corrected chi connectivity index (χ0v) is 13.9. The summed E-state index contributed by atoms with van der Waals surface area (Å²) in [5.41, 5.74) is 5.14. The van der Waals surface area contributed by atoms with Crippen LogP contribution in [0.25, 0.3) is 0 Å². The summed E-state index contributed by atoms with van der Waals surface area (Å²) < 4.78 is 42.9. The lowest BCUT2D eigenvalue weighted by molar-refractivity contribution is -0.137. The fraction of sp³-hybridized carbons (Fsp3) is 0.222. The molecule has 2 N–H and O–H groups in total. The van der Waals surface area contributed by atoms with Crippen molar-refractivity contribution in [3.05, 3.63) is 65.2 Å². The van der Waals surface area contributed by atoms with Crippen LogP contribution < -0.4 is 10.5 Å². The number of carbonyl (C=O) groups excluding carboxylic acids is 2. The molecule has 0 saturated carbocycles. The summed E-state index contributed by atoms with van der Waals surface area (Å²) >= 11 is 0. The van der Waals surface area contributed by atoms with E-state index in [2.05, 4.69) is 0 Å².